The van der Waals surface area contributed by atoms with E-state index in [1.807, 2.05) is 6.07 Å². The fourth-order valence-electron chi connectivity index (χ4n) is 1.62. The number of nitrogens with one attached hydrogen (secondary N) is 1. The number of nitriles is 1. The Morgan fingerprint density at radius 1 is 1.29 bits per heavy atom. The van der Waals surface area contributed by atoms with Gasteiger partial charge in [-0.3, -0.25) is 4.72 Å². The number of benzene rings is 2. The topological polar surface area (TPSA) is 96.0 Å². The van der Waals surface area contributed by atoms with Gasteiger partial charge in [0.2, 0.25) is 0 Å². The summed E-state index contributed by atoms with van der Waals surface area (Å²) in [6.45, 7) is 0. The van der Waals surface area contributed by atoms with Gasteiger partial charge < -0.3 is 5.73 Å². The van der Waals surface area contributed by atoms with E-state index in [0.29, 0.717) is 10.0 Å². The summed E-state index contributed by atoms with van der Waals surface area (Å²) in [7, 11) is -4.04. The molecule has 0 saturated heterocycles. The Labute approximate surface area is 129 Å². The molecule has 0 atom stereocenters. The average molecular weight is 370 g/mol. The van der Waals surface area contributed by atoms with Crippen LogP contribution in [0.4, 0.5) is 15.8 Å². The molecule has 0 unspecified atom stereocenters. The van der Waals surface area contributed by atoms with Crippen molar-refractivity contribution < 1.29 is 12.8 Å². The van der Waals surface area contributed by atoms with E-state index in [2.05, 4.69) is 20.7 Å². The zero-order chi connectivity index (χ0) is 15.6. The van der Waals surface area contributed by atoms with Crippen LogP contribution in [0.15, 0.2) is 45.8 Å². The quantitative estimate of drug-likeness (QED) is 0.812. The van der Waals surface area contributed by atoms with Crippen molar-refractivity contribution in [1.82, 2.24) is 0 Å². The number of rotatable bonds is 3. The molecule has 3 N–H and O–H groups in total. The monoisotopic (exact) mass is 369 g/mol. The zero-order valence-electron chi connectivity index (χ0n) is 10.5. The van der Waals surface area contributed by atoms with E-state index < -0.39 is 21.5 Å². The first-order chi connectivity index (χ1) is 9.85. The highest BCUT2D eigenvalue weighted by atomic mass is 79.9. The minimum atomic E-state index is -4.04. The first-order valence-corrected chi connectivity index (χ1v) is 7.89. The van der Waals surface area contributed by atoms with E-state index in [0.717, 1.165) is 6.07 Å². The van der Waals surface area contributed by atoms with Gasteiger partial charge in [0.15, 0.2) is 0 Å². The third kappa shape index (κ3) is 3.15. The molecule has 0 amide bonds. The maximum absolute atomic E-state index is 13.4. The molecular formula is C13H9BrFN3O2S. The normalized spacial score (nSPS) is 10.9. The number of anilines is 2. The Morgan fingerprint density at radius 2 is 2.00 bits per heavy atom. The molecular weight excluding hydrogens is 361 g/mol. The van der Waals surface area contributed by atoms with Gasteiger partial charge in [0.1, 0.15) is 10.7 Å². The van der Waals surface area contributed by atoms with Crippen LogP contribution in [0, 0.1) is 17.1 Å². The van der Waals surface area contributed by atoms with Gasteiger partial charge in [0.25, 0.3) is 10.0 Å². The van der Waals surface area contributed by atoms with E-state index in [-0.39, 0.29) is 10.6 Å². The number of para-hydroxylation sites is 1. The van der Waals surface area contributed by atoms with Gasteiger partial charge in [0, 0.05) is 4.47 Å². The summed E-state index contributed by atoms with van der Waals surface area (Å²) in [5.41, 5.74) is 5.60. The van der Waals surface area contributed by atoms with Crippen LogP contribution >= 0.6 is 15.9 Å². The van der Waals surface area contributed by atoms with Crippen LogP contribution in [0.3, 0.4) is 0 Å². The lowest BCUT2D eigenvalue weighted by Crippen LogP contribution is -2.15. The summed E-state index contributed by atoms with van der Waals surface area (Å²) in [6, 6.07) is 9.82. The van der Waals surface area contributed by atoms with Gasteiger partial charge in [-0.2, -0.15) is 5.26 Å². The third-order valence-electron chi connectivity index (χ3n) is 2.64. The fourth-order valence-corrected chi connectivity index (χ4v) is 3.45. The molecule has 8 heteroatoms. The number of hydrogen-bond donors (Lipinski definition) is 2. The summed E-state index contributed by atoms with van der Waals surface area (Å²) < 4.78 is 40.5. The second kappa shape index (κ2) is 5.71. The van der Waals surface area contributed by atoms with Crippen molar-refractivity contribution in [3.05, 3.63) is 52.3 Å². The Bertz CT molecular complexity index is 847. The zero-order valence-corrected chi connectivity index (χ0v) is 12.9. The van der Waals surface area contributed by atoms with Crippen LogP contribution in [0.25, 0.3) is 0 Å². The largest absolute Gasteiger partial charge is 0.395 e. The van der Waals surface area contributed by atoms with E-state index in [1.165, 1.54) is 30.3 Å². The molecule has 0 bridgehead atoms. The minimum absolute atomic E-state index is 0.220. The van der Waals surface area contributed by atoms with Crippen molar-refractivity contribution >= 4 is 37.3 Å². The van der Waals surface area contributed by atoms with Gasteiger partial charge in [0.05, 0.1) is 23.0 Å². The summed E-state index contributed by atoms with van der Waals surface area (Å²) in [6.07, 6.45) is 0. The Hall–Kier alpha value is -2.11. The highest BCUT2D eigenvalue weighted by molar-refractivity contribution is 9.10. The molecule has 2 aromatic carbocycles. The molecule has 0 spiro atoms. The van der Waals surface area contributed by atoms with E-state index >= 15 is 0 Å². The molecule has 0 aliphatic carbocycles. The molecule has 21 heavy (non-hydrogen) atoms. The lowest BCUT2D eigenvalue weighted by Gasteiger charge is -2.12. The van der Waals surface area contributed by atoms with Gasteiger partial charge in [-0.05, 0) is 46.3 Å². The number of sulfonamides is 1. The number of nitrogen functional groups attached to an aromatic ring is 1. The minimum Gasteiger partial charge on any atom is -0.395 e. The van der Waals surface area contributed by atoms with Crippen LogP contribution in [0.1, 0.15) is 5.56 Å². The van der Waals surface area contributed by atoms with E-state index in [1.54, 1.807) is 0 Å². The third-order valence-corrected chi connectivity index (χ3v) is 4.72. The summed E-state index contributed by atoms with van der Waals surface area (Å²) in [5, 5.41) is 8.76. The second-order valence-corrected chi connectivity index (χ2v) is 6.57. The molecule has 2 aromatic rings. The van der Waals surface area contributed by atoms with Crippen LogP contribution in [0.2, 0.25) is 0 Å². The van der Waals surface area contributed by atoms with Crippen LogP contribution in [-0.4, -0.2) is 8.42 Å². The van der Waals surface area contributed by atoms with Gasteiger partial charge in [-0.1, -0.05) is 6.07 Å². The Morgan fingerprint density at radius 3 is 2.62 bits per heavy atom. The SMILES string of the molecule is N#Cc1ccc(NS(=O)(=O)c2cccc(F)c2N)c(Br)c1. The summed E-state index contributed by atoms with van der Waals surface area (Å²) in [4.78, 5) is -0.348. The van der Waals surface area contributed by atoms with Crippen molar-refractivity contribution in [3.8, 4) is 6.07 Å². The van der Waals surface area contributed by atoms with Crippen molar-refractivity contribution in [2.45, 2.75) is 4.90 Å². The lowest BCUT2D eigenvalue weighted by atomic mass is 10.2. The number of halogens is 2. The molecule has 0 heterocycles. The van der Waals surface area contributed by atoms with Crippen LogP contribution in [-0.2, 0) is 10.0 Å². The molecule has 0 saturated carbocycles. The van der Waals surface area contributed by atoms with Crippen molar-refractivity contribution in [2.24, 2.45) is 0 Å². The highest BCUT2D eigenvalue weighted by Gasteiger charge is 2.20. The molecule has 5 nitrogen and oxygen atoms in total. The Balaban J connectivity index is 2.43. The summed E-state index contributed by atoms with van der Waals surface area (Å²) >= 11 is 3.16. The summed E-state index contributed by atoms with van der Waals surface area (Å²) in [5.74, 6) is -0.809. The van der Waals surface area contributed by atoms with Crippen molar-refractivity contribution in [2.75, 3.05) is 10.5 Å². The van der Waals surface area contributed by atoms with E-state index in [9.17, 15) is 12.8 Å². The smallest absolute Gasteiger partial charge is 0.264 e. The number of nitrogens with zero attached hydrogens (tertiary/aromatic N) is 1. The Kier molecular flexibility index (Phi) is 4.16. The molecule has 0 fully saturated rings. The average Bonchev–Trinajstić information content (AvgIpc) is 2.43. The maximum Gasteiger partial charge on any atom is 0.264 e. The van der Waals surface area contributed by atoms with Crippen molar-refractivity contribution in [3.63, 3.8) is 0 Å². The number of nitrogens with two attached hydrogens (primary N) is 1. The fraction of sp³-hybridized carbons (Fsp3) is 0. The predicted octanol–water partition coefficient (Wildman–Crippen LogP) is 2.84. The first-order valence-electron chi connectivity index (χ1n) is 5.61. The molecule has 108 valence electrons. The molecule has 0 radical (unpaired) electrons. The van der Waals surface area contributed by atoms with Gasteiger partial charge in [-0.15, -0.1) is 0 Å². The molecule has 0 aliphatic heterocycles. The predicted molar refractivity (Wildman–Crippen MR) is 80.5 cm³/mol. The maximum atomic E-state index is 13.4. The van der Waals surface area contributed by atoms with E-state index in [4.69, 9.17) is 11.0 Å². The first kappa shape index (κ1) is 15.3. The van der Waals surface area contributed by atoms with Crippen LogP contribution < -0.4 is 10.5 Å². The molecule has 2 rings (SSSR count). The van der Waals surface area contributed by atoms with Crippen molar-refractivity contribution in [1.29, 1.82) is 5.26 Å². The van der Waals surface area contributed by atoms with Crippen LogP contribution in [0.5, 0.6) is 0 Å². The van der Waals surface area contributed by atoms with Gasteiger partial charge >= 0.3 is 0 Å². The molecule has 0 aromatic heterocycles. The van der Waals surface area contributed by atoms with Gasteiger partial charge in [-0.25, -0.2) is 12.8 Å². The second-order valence-electron chi connectivity index (χ2n) is 4.06. The standard InChI is InChI=1S/C13H9BrFN3O2S/c14-9-6-8(7-16)4-5-11(9)18-21(19,20)12-3-1-2-10(15)13(12)17/h1-6,18H,17H2. The molecule has 0 aliphatic rings. The number of hydrogen-bond acceptors (Lipinski definition) is 4. The lowest BCUT2D eigenvalue weighted by molar-refractivity contribution is 0.597. The highest BCUT2D eigenvalue weighted by Crippen LogP contribution is 2.28.